The molecule has 0 aliphatic carbocycles. The van der Waals surface area contributed by atoms with Crippen LogP contribution in [0, 0.1) is 17.3 Å². The summed E-state index contributed by atoms with van der Waals surface area (Å²) < 4.78 is 12.6. The summed E-state index contributed by atoms with van der Waals surface area (Å²) in [6.45, 7) is 0. The summed E-state index contributed by atoms with van der Waals surface area (Å²) in [5, 5.41) is 11.5. The summed E-state index contributed by atoms with van der Waals surface area (Å²) in [7, 11) is 0. The zero-order valence-electron chi connectivity index (χ0n) is 9.52. The van der Waals surface area contributed by atoms with Gasteiger partial charge in [-0.05, 0) is 30.3 Å². The molecule has 0 fully saturated rings. The number of rotatable bonds is 2. The SMILES string of the molecule is N#Cc1ccc(NC(=O)c2ccc(F)nc2)c(Cl)c1. The summed E-state index contributed by atoms with van der Waals surface area (Å²) in [4.78, 5) is 15.2. The lowest BCUT2D eigenvalue weighted by Crippen LogP contribution is -2.12. The number of aromatic nitrogens is 1. The smallest absolute Gasteiger partial charge is 0.257 e. The molecule has 0 atom stereocenters. The third-order valence-corrected chi connectivity index (χ3v) is 2.65. The minimum Gasteiger partial charge on any atom is -0.321 e. The van der Waals surface area contributed by atoms with Gasteiger partial charge in [0.25, 0.3) is 5.91 Å². The van der Waals surface area contributed by atoms with E-state index in [1.54, 1.807) is 0 Å². The average Bonchev–Trinajstić information content (AvgIpc) is 2.41. The second-order valence-electron chi connectivity index (χ2n) is 3.63. The molecule has 0 bridgehead atoms. The third-order valence-electron chi connectivity index (χ3n) is 2.34. The van der Waals surface area contributed by atoms with Crippen LogP contribution in [0.15, 0.2) is 36.5 Å². The van der Waals surface area contributed by atoms with Crippen molar-refractivity contribution in [1.29, 1.82) is 5.26 Å². The maximum Gasteiger partial charge on any atom is 0.257 e. The van der Waals surface area contributed by atoms with Gasteiger partial charge in [0.1, 0.15) is 0 Å². The van der Waals surface area contributed by atoms with Crippen molar-refractivity contribution in [3.63, 3.8) is 0 Å². The van der Waals surface area contributed by atoms with Gasteiger partial charge >= 0.3 is 0 Å². The van der Waals surface area contributed by atoms with Gasteiger partial charge in [0.15, 0.2) is 0 Å². The van der Waals surface area contributed by atoms with Crippen LogP contribution in [-0.4, -0.2) is 10.9 Å². The highest BCUT2D eigenvalue weighted by Crippen LogP contribution is 2.23. The zero-order chi connectivity index (χ0) is 13.8. The Hall–Kier alpha value is -2.45. The number of halogens is 2. The molecule has 1 heterocycles. The van der Waals surface area contributed by atoms with Crippen LogP contribution >= 0.6 is 11.6 Å². The largest absolute Gasteiger partial charge is 0.321 e. The van der Waals surface area contributed by atoms with Gasteiger partial charge in [-0.3, -0.25) is 4.79 Å². The summed E-state index contributed by atoms with van der Waals surface area (Å²) in [5.74, 6) is -1.12. The van der Waals surface area contributed by atoms with Crippen molar-refractivity contribution >= 4 is 23.2 Å². The van der Waals surface area contributed by atoms with Crippen LogP contribution in [-0.2, 0) is 0 Å². The monoisotopic (exact) mass is 275 g/mol. The number of nitrogens with one attached hydrogen (secondary N) is 1. The molecule has 0 saturated carbocycles. The topological polar surface area (TPSA) is 65.8 Å². The first-order valence-corrected chi connectivity index (χ1v) is 5.60. The van der Waals surface area contributed by atoms with E-state index in [2.05, 4.69) is 10.3 Å². The van der Waals surface area contributed by atoms with Gasteiger partial charge in [-0.1, -0.05) is 11.6 Å². The number of carbonyl (C=O) groups is 1. The van der Waals surface area contributed by atoms with E-state index in [0.29, 0.717) is 11.3 Å². The van der Waals surface area contributed by atoms with Crippen LogP contribution in [0.25, 0.3) is 0 Å². The molecule has 0 unspecified atom stereocenters. The molecule has 19 heavy (non-hydrogen) atoms. The molecule has 94 valence electrons. The van der Waals surface area contributed by atoms with E-state index < -0.39 is 11.9 Å². The van der Waals surface area contributed by atoms with Crippen molar-refractivity contribution in [2.75, 3.05) is 5.32 Å². The van der Waals surface area contributed by atoms with Gasteiger partial charge in [0.2, 0.25) is 5.95 Å². The number of benzene rings is 1. The highest BCUT2D eigenvalue weighted by molar-refractivity contribution is 6.34. The Labute approximate surface area is 113 Å². The highest BCUT2D eigenvalue weighted by Gasteiger charge is 2.09. The summed E-state index contributed by atoms with van der Waals surface area (Å²) in [6, 6.07) is 8.84. The Kier molecular flexibility index (Phi) is 3.74. The molecular weight excluding hydrogens is 269 g/mol. The van der Waals surface area contributed by atoms with Crippen molar-refractivity contribution in [3.8, 4) is 6.07 Å². The third kappa shape index (κ3) is 3.06. The molecule has 1 N–H and O–H groups in total. The van der Waals surface area contributed by atoms with Gasteiger partial charge in [-0.25, -0.2) is 4.98 Å². The van der Waals surface area contributed by atoms with Crippen LogP contribution in [0.2, 0.25) is 5.02 Å². The lowest BCUT2D eigenvalue weighted by atomic mass is 10.2. The van der Waals surface area contributed by atoms with E-state index >= 15 is 0 Å². The molecule has 1 amide bonds. The number of carbonyl (C=O) groups excluding carboxylic acids is 1. The summed E-state index contributed by atoms with van der Waals surface area (Å²) in [6.07, 6.45) is 1.13. The minimum atomic E-state index is -0.659. The average molecular weight is 276 g/mol. The number of anilines is 1. The quantitative estimate of drug-likeness (QED) is 0.857. The lowest BCUT2D eigenvalue weighted by Gasteiger charge is -2.07. The van der Waals surface area contributed by atoms with E-state index in [1.807, 2.05) is 6.07 Å². The molecular formula is C13H7ClFN3O. The first-order valence-electron chi connectivity index (χ1n) is 5.22. The lowest BCUT2D eigenvalue weighted by molar-refractivity contribution is 0.102. The molecule has 1 aromatic carbocycles. The maximum absolute atomic E-state index is 12.6. The Balaban J connectivity index is 2.20. The molecule has 6 heteroatoms. The highest BCUT2D eigenvalue weighted by atomic mass is 35.5. The van der Waals surface area contributed by atoms with Crippen molar-refractivity contribution in [2.45, 2.75) is 0 Å². The second-order valence-corrected chi connectivity index (χ2v) is 4.04. The summed E-state index contributed by atoms with van der Waals surface area (Å²) >= 11 is 5.92. The number of hydrogen-bond donors (Lipinski definition) is 1. The van der Waals surface area contributed by atoms with E-state index in [9.17, 15) is 9.18 Å². The Morgan fingerprint density at radius 3 is 2.74 bits per heavy atom. The zero-order valence-corrected chi connectivity index (χ0v) is 10.3. The fourth-order valence-electron chi connectivity index (χ4n) is 1.39. The molecule has 0 saturated heterocycles. The standard InChI is InChI=1S/C13H7ClFN3O/c14-10-5-8(6-16)1-3-11(10)18-13(19)9-2-4-12(15)17-7-9/h1-5,7H,(H,18,19). The van der Waals surface area contributed by atoms with Gasteiger partial charge in [-0.15, -0.1) is 0 Å². The van der Waals surface area contributed by atoms with E-state index in [1.165, 1.54) is 24.3 Å². The van der Waals surface area contributed by atoms with Crippen LogP contribution < -0.4 is 5.32 Å². The van der Waals surface area contributed by atoms with Crippen LogP contribution in [0.1, 0.15) is 15.9 Å². The first-order chi connectivity index (χ1) is 9.10. The number of amides is 1. The van der Waals surface area contributed by atoms with E-state index in [-0.39, 0.29) is 10.6 Å². The molecule has 4 nitrogen and oxygen atoms in total. The van der Waals surface area contributed by atoms with Crippen molar-refractivity contribution in [1.82, 2.24) is 4.98 Å². The molecule has 0 aliphatic rings. The minimum absolute atomic E-state index is 0.210. The molecule has 1 aromatic heterocycles. The number of nitrogens with zero attached hydrogens (tertiary/aromatic N) is 2. The summed E-state index contributed by atoms with van der Waals surface area (Å²) in [5.41, 5.74) is 0.975. The van der Waals surface area contributed by atoms with Crippen molar-refractivity contribution < 1.29 is 9.18 Å². The fourth-order valence-corrected chi connectivity index (χ4v) is 1.62. The number of pyridine rings is 1. The molecule has 0 aliphatic heterocycles. The van der Waals surface area contributed by atoms with E-state index in [0.717, 1.165) is 12.3 Å². The first kappa shape index (κ1) is 13.0. The van der Waals surface area contributed by atoms with E-state index in [4.69, 9.17) is 16.9 Å². The van der Waals surface area contributed by atoms with Crippen LogP contribution in [0.4, 0.5) is 10.1 Å². The van der Waals surface area contributed by atoms with Crippen LogP contribution in [0.3, 0.4) is 0 Å². The predicted molar refractivity (Wildman–Crippen MR) is 68.3 cm³/mol. The molecule has 2 rings (SSSR count). The second kappa shape index (κ2) is 5.46. The molecule has 0 radical (unpaired) electrons. The molecule has 2 aromatic rings. The van der Waals surface area contributed by atoms with Gasteiger partial charge in [-0.2, -0.15) is 9.65 Å². The van der Waals surface area contributed by atoms with Gasteiger partial charge < -0.3 is 5.32 Å². The predicted octanol–water partition coefficient (Wildman–Crippen LogP) is 3.00. The van der Waals surface area contributed by atoms with Gasteiger partial charge in [0, 0.05) is 6.20 Å². The fraction of sp³-hybridized carbons (Fsp3) is 0. The number of hydrogen-bond acceptors (Lipinski definition) is 3. The number of nitriles is 1. The van der Waals surface area contributed by atoms with Gasteiger partial charge in [0.05, 0.1) is 27.9 Å². The normalized spacial score (nSPS) is 9.74. The Morgan fingerprint density at radius 2 is 2.16 bits per heavy atom. The van der Waals surface area contributed by atoms with Crippen molar-refractivity contribution in [2.24, 2.45) is 0 Å². The van der Waals surface area contributed by atoms with Crippen LogP contribution in [0.5, 0.6) is 0 Å². The molecule has 0 spiro atoms. The van der Waals surface area contributed by atoms with Crippen molar-refractivity contribution in [3.05, 3.63) is 58.6 Å². The maximum atomic E-state index is 12.6. The Bertz CT molecular complexity index is 665. The Morgan fingerprint density at radius 1 is 1.37 bits per heavy atom.